The predicted molar refractivity (Wildman–Crippen MR) is 126 cm³/mol. The van der Waals surface area contributed by atoms with Gasteiger partial charge in [-0.15, -0.1) is 0 Å². The number of imidazole rings is 3. The second-order valence-corrected chi connectivity index (χ2v) is 8.37. The molecule has 3 heterocycles. The van der Waals surface area contributed by atoms with Crippen molar-refractivity contribution in [3.05, 3.63) is 54.7 Å². The number of aromatic nitrogens is 6. The predicted octanol–water partition coefficient (Wildman–Crippen LogP) is 2.80. The molecule has 174 valence electrons. The monoisotopic (exact) mass is 431 g/mol. The van der Waals surface area contributed by atoms with Gasteiger partial charge >= 0.3 is 0 Å². The first-order chi connectivity index (χ1) is 14.8. The molecule has 0 saturated heterocycles. The SMILES string of the molecule is CCCCCc1n(C)cc[n+]1C.CCCc1n(C)cc[n+]1C.CCc1n(C)cc[n+]1C. The smallest absolute Gasteiger partial charge is 0.237 e. The molecule has 0 saturated carbocycles. The van der Waals surface area contributed by atoms with E-state index in [2.05, 4.69) is 128 Å². The summed E-state index contributed by atoms with van der Waals surface area (Å²) in [6.07, 6.45) is 21.2. The summed E-state index contributed by atoms with van der Waals surface area (Å²) in [5.74, 6) is 4.17. The van der Waals surface area contributed by atoms with Gasteiger partial charge < -0.3 is 0 Å². The fraction of sp³-hybridized carbons (Fsp3) is 0.640. The third-order valence-corrected chi connectivity index (χ3v) is 5.78. The molecule has 0 aromatic carbocycles. The maximum atomic E-state index is 2.24. The molecule has 0 bridgehead atoms. The molecule has 0 aliphatic heterocycles. The highest BCUT2D eigenvalue weighted by Crippen LogP contribution is 2.01. The molecule has 0 aliphatic carbocycles. The van der Waals surface area contributed by atoms with Crippen molar-refractivity contribution in [3.8, 4) is 0 Å². The van der Waals surface area contributed by atoms with Crippen molar-refractivity contribution >= 4 is 0 Å². The van der Waals surface area contributed by atoms with E-state index >= 15 is 0 Å². The molecule has 6 heteroatoms. The Labute approximate surface area is 190 Å². The summed E-state index contributed by atoms with van der Waals surface area (Å²) in [7, 11) is 12.5. The van der Waals surface area contributed by atoms with Crippen molar-refractivity contribution in [2.45, 2.75) is 65.7 Å². The molecule has 0 atom stereocenters. The molecule has 31 heavy (non-hydrogen) atoms. The third-order valence-electron chi connectivity index (χ3n) is 5.78. The molecule has 0 amide bonds. The molecule has 0 aliphatic rings. The van der Waals surface area contributed by atoms with Crippen LogP contribution in [-0.4, -0.2) is 13.7 Å². The van der Waals surface area contributed by atoms with E-state index in [1.54, 1.807) is 0 Å². The Hall–Kier alpha value is -2.37. The first kappa shape index (κ1) is 26.7. The molecule has 0 unspecified atom stereocenters. The van der Waals surface area contributed by atoms with Gasteiger partial charge in [-0.05, 0) is 12.8 Å². The van der Waals surface area contributed by atoms with Crippen LogP contribution in [0.3, 0.4) is 0 Å². The topological polar surface area (TPSA) is 26.4 Å². The lowest BCUT2D eigenvalue weighted by molar-refractivity contribution is -0.678. The Morgan fingerprint density at radius 1 is 0.581 bits per heavy atom. The van der Waals surface area contributed by atoms with E-state index < -0.39 is 0 Å². The fourth-order valence-electron chi connectivity index (χ4n) is 3.82. The largest absolute Gasteiger partial charge is 0.255 e. The van der Waals surface area contributed by atoms with Gasteiger partial charge in [0, 0.05) is 19.3 Å². The van der Waals surface area contributed by atoms with E-state index in [1.807, 2.05) is 0 Å². The van der Waals surface area contributed by atoms with Crippen LogP contribution in [0.1, 0.15) is 63.9 Å². The van der Waals surface area contributed by atoms with Gasteiger partial charge in [0.1, 0.15) is 37.2 Å². The minimum Gasteiger partial charge on any atom is -0.237 e. The summed E-state index contributed by atoms with van der Waals surface area (Å²) < 4.78 is 13.0. The van der Waals surface area contributed by atoms with Crippen LogP contribution in [0.15, 0.2) is 37.2 Å². The molecule has 0 spiro atoms. The zero-order valence-electron chi connectivity index (χ0n) is 21.6. The van der Waals surface area contributed by atoms with Gasteiger partial charge in [0.25, 0.3) is 17.5 Å². The second-order valence-electron chi connectivity index (χ2n) is 8.37. The zero-order valence-corrected chi connectivity index (χ0v) is 21.6. The normalized spacial score (nSPS) is 10.4. The molecule has 0 N–H and O–H groups in total. The second kappa shape index (κ2) is 13.8. The summed E-state index contributed by atoms with van der Waals surface area (Å²) in [5.41, 5.74) is 0. The van der Waals surface area contributed by atoms with Crippen LogP contribution in [0.5, 0.6) is 0 Å². The molecule has 0 fully saturated rings. The molecule has 6 nitrogen and oxygen atoms in total. The zero-order chi connectivity index (χ0) is 23.4. The number of rotatable bonds is 7. The van der Waals surface area contributed by atoms with Crippen LogP contribution in [-0.2, 0) is 61.5 Å². The lowest BCUT2D eigenvalue weighted by atomic mass is 10.2. The average Bonchev–Trinajstić information content (AvgIpc) is 3.36. The highest BCUT2D eigenvalue weighted by atomic mass is 15.1. The van der Waals surface area contributed by atoms with E-state index in [0.29, 0.717) is 0 Å². The number of nitrogens with zero attached hydrogens (tertiary/aromatic N) is 6. The van der Waals surface area contributed by atoms with Crippen molar-refractivity contribution in [1.82, 2.24) is 13.7 Å². The number of aryl methyl sites for hydroxylation is 6. The van der Waals surface area contributed by atoms with E-state index in [0.717, 1.165) is 6.42 Å². The standard InChI is InChI=1S/C10H19N2.C8H15N2.C7H13N2/c1-4-5-6-7-10-11(2)8-9-12(10)3;1-4-5-8-9(2)6-7-10(8)3;1-4-7-8(2)5-6-9(7)3/h8-9H,4-7H2,1-3H3;6-7H,4-5H2,1-3H3;5-6H,4H2,1-3H3/q3*+1. The van der Waals surface area contributed by atoms with Gasteiger partial charge in [-0.1, -0.05) is 33.6 Å². The first-order valence-electron chi connectivity index (χ1n) is 11.8. The highest BCUT2D eigenvalue weighted by Gasteiger charge is 2.09. The van der Waals surface area contributed by atoms with Crippen LogP contribution in [0.2, 0.25) is 0 Å². The molecule has 3 rings (SSSR count). The summed E-state index contributed by atoms with van der Waals surface area (Å²) >= 11 is 0. The average molecular weight is 432 g/mol. The number of unbranched alkanes of at least 4 members (excludes halogenated alkanes) is 2. The third kappa shape index (κ3) is 8.35. The van der Waals surface area contributed by atoms with Crippen molar-refractivity contribution in [2.75, 3.05) is 0 Å². The Morgan fingerprint density at radius 2 is 1.00 bits per heavy atom. The number of hydrogen-bond acceptors (Lipinski definition) is 0. The van der Waals surface area contributed by atoms with Gasteiger partial charge in [-0.25, -0.2) is 27.4 Å². The van der Waals surface area contributed by atoms with Crippen molar-refractivity contribution in [2.24, 2.45) is 42.3 Å². The molecule has 0 radical (unpaired) electrons. The van der Waals surface area contributed by atoms with E-state index in [9.17, 15) is 0 Å². The van der Waals surface area contributed by atoms with Gasteiger partial charge in [0.2, 0.25) is 0 Å². The van der Waals surface area contributed by atoms with Crippen LogP contribution >= 0.6 is 0 Å². The first-order valence-corrected chi connectivity index (χ1v) is 11.8. The van der Waals surface area contributed by atoms with Crippen molar-refractivity contribution < 1.29 is 13.7 Å². The van der Waals surface area contributed by atoms with Gasteiger partial charge in [-0.3, -0.25) is 0 Å². The summed E-state index contributed by atoms with van der Waals surface area (Å²) in [5, 5.41) is 0. The van der Waals surface area contributed by atoms with Gasteiger partial charge in [0.05, 0.1) is 42.3 Å². The maximum absolute atomic E-state index is 2.24. The number of hydrogen-bond donors (Lipinski definition) is 0. The van der Waals surface area contributed by atoms with Crippen molar-refractivity contribution in [3.63, 3.8) is 0 Å². The minimum atomic E-state index is 1.10. The Bertz CT molecular complexity index is 826. The Morgan fingerprint density at radius 3 is 1.29 bits per heavy atom. The van der Waals surface area contributed by atoms with Crippen LogP contribution in [0, 0.1) is 0 Å². The maximum Gasteiger partial charge on any atom is 0.255 e. The van der Waals surface area contributed by atoms with E-state index in [4.69, 9.17) is 0 Å². The molecular formula is C25H47N6+3. The summed E-state index contributed by atoms with van der Waals surface area (Å²) in [6, 6.07) is 0. The van der Waals surface area contributed by atoms with Gasteiger partial charge in [-0.2, -0.15) is 0 Å². The minimum absolute atomic E-state index is 1.10. The highest BCUT2D eigenvalue weighted by molar-refractivity contribution is 4.82. The summed E-state index contributed by atoms with van der Waals surface area (Å²) in [4.78, 5) is 0. The van der Waals surface area contributed by atoms with E-state index in [1.165, 1.54) is 56.0 Å². The van der Waals surface area contributed by atoms with Crippen LogP contribution in [0.25, 0.3) is 0 Å². The Balaban J connectivity index is 0.000000235. The van der Waals surface area contributed by atoms with Crippen molar-refractivity contribution in [1.29, 1.82) is 0 Å². The molecular weight excluding hydrogens is 384 g/mol. The fourth-order valence-corrected chi connectivity index (χ4v) is 3.82. The van der Waals surface area contributed by atoms with E-state index in [-0.39, 0.29) is 0 Å². The Kier molecular flexibility index (Phi) is 11.9. The van der Waals surface area contributed by atoms with Gasteiger partial charge in [0.15, 0.2) is 0 Å². The summed E-state index contributed by atoms with van der Waals surface area (Å²) in [6.45, 7) is 6.60. The van der Waals surface area contributed by atoms with Crippen LogP contribution in [0.4, 0.5) is 0 Å². The lowest BCUT2D eigenvalue weighted by Gasteiger charge is -1.97. The quantitative estimate of drug-likeness (QED) is 0.406. The molecule has 3 aromatic rings. The lowest BCUT2D eigenvalue weighted by Crippen LogP contribution is -2.31. The molecule has 3 aromatic heterocycles. The van der Waals surface area contributed by atoms with Crippen LogP contribution < -0.4 is 13.7 Å².